The first kappa shape index (κ1) is 20.1. The Balaban J connectivity index is 2.13. The number of halogens is 4. The van der Waals surface area contributed by atoms with Crippen molar-refractivity contribution in [2.75, 3.05) is 38.1 Å². The SMILES string of the molecule is CNC(=S)/C(C#N)=C(\N)N1CCN(c2[nH+]cc(C(F)(F)F)cc2Cl)CC1. The summed E-state index contributed by atoms with van der Waals surface area (Å²) in [6.07, 6.45) is -3.57. The van der Waals surface area contributed by atoms with Gasteiger partial charge in [-0.2, -0.15) is 18.4 Å². The number of hydrogen-bond donors (Lipinski definition) is 2. The molecule has 6 nitrogen and oxygen atoms in total. The van der Waals surface area contributed by atoms with Gasteiger partial charge in [0.2, 0.25) is 0 Å². The molecule has 0 unspecified atom stereocenters. The summed E-state index contributed by atoms with van der Waals surface area (Å²) in [4.78, 5) is 6.50. The van der Waals surface area contributed by atoms with Gasteiger partial charge in [-0.25, -0.2) is 4.98 Å². The van der Waals surface area contributed by atoms with Crippen LogP contribution in [-0.2, 0) is 6.18 Å². The zero-order chi connectivity index (χ0) is 19.5. The lowest BCUT2D eigenvalue weighted by atomic mass is 10.2. The Labute approximate surface area is 159 Å². The third-order valence-electron chi connectivity index (χ3n) is 3.96. The first-order valence-corrected chi connectivity index (χ1v) is 8.38. The standard InChI is InChI=1S/C15H16ClF3N6S/c1-22-14(26)10(7-20)12(21)24-2-4-25(5-3-24)13-11(16)6-9(8-23-13)15(17,18)19/h6,8H,2-5,21H2,1H3,(H,22,26)/p+1/b12-10+. The predicted molar refractivity (Wildman–Crippen MR) is 95.3 cm³/mol. The molecule has 2 rings (SSSR count). The van der Waals surface area contributed by atoms with Gasteiger partial charge in [-0.1, -0.05) is 23.8 Å². The number of likely N-dealkylation sites (N-methyl/N-ethyl adjacent to an activating group) is 1. The van der Waals surface area contributed by atoms with Crippen LogP contribution in [0, 0.1) is 11.3 Å². The zero-order valence-electron chi connectivity index (χ0n) is 13.8. The van der Waals surface area contributed by atoms with Gasteiger partial charge in [-0.3, -0.25) is 4.90 Å². The highest BCUT2D eigenvalue weighted by atomic mass is 35.5. The fourth-order valence-electron chi connectivity index (χ4n) is 2.55. The predicted octanol–water partition coefficient (Wildman–Crippen LogP) is 1.54. The first-order valence-electron chi connectivity index (χ1n) is 7.59. The van der Waals surface area contributed by atoms with Crippen LogP contribution < -0.4 is 20.9 Å². The summed E-state index contributed by atoms with van der Waals surface area (Å²) in [5.74, 6) is 0.683. The van der Waals surface area contributed by atoms with E-state index in [9.17, 15) is 18.4 Å². The first-order chi connectivity index (χ1) is 12.2. The van der Waals surface area contributed by atoms with E-state index in [-0.39, 0.29) is 21.4 Å². The second-order valence-corrected chi connectivity index (χ2v) is 6.32. The summed E-state index contributed by atoms with van der Waals surface area (Å²) in [6, 6.07) is 2.88. The van der Waals surface area contributed by atoms with Crippen LogP contribution in [0.25, 0.3) is 0 Å². The summed E-state index contributed by atoms with van der Waals surface area (Å²) < 4.78 is 38.2. The van der Waals surface area contributed by atoms with E-state index in [0.717, 1.165) is 12.3 Å². The van der Waals surface area contributed by atoms with Gasteiger partial charge >= 0.3 is 6.18 Å². The summed E-state index contributed by atoms with van der Waals surface area (Å²) in [6.45, 7) is 1.86. The number of nitrogens with one attached hydrogen (secondary N) is 2. The molecule has 2 heterocycles. The molecule has 26 heavy (non-hydrogen) atoms. The number of H-pyrrole nitrogens is 1. The maximum Gasteiger partial charge on any atom is 0.419 e. The zero-order valence-corrected chi connectivity index (χ0v) is 15.4. The number of pyridine rings is 1. The molecule has 0 saturated carbocycles. The van der Waals surface area contributed by atoms with Crippen LogP contribution in [0.1, 0.15) is 5.56 Å². The van der Waals surface area contributed by atoms with Crippen LogP contribution in [-0.4, -0.2) is 43.1 Å². The lowest BCUT2D eigenvalue weighted by Gasteiger charge is -2.33. The number of aromatic amines is 1. The van der Waals surface area contributed by atoms with Crippen LogP contribution in [0.5, 0.6) is 0 Å². The number of rotatable bonds is 3. The van der Waals surface area contributed by atoms with Gasteiger partial charge in [0.05, 0.1) is 18.7 Å². The van der Waals surface area contributed by atoms with E-state index >= 15 is 0 Å². The summed E-state index contributed by atoms with van der Waals surface area (Å²) in [7, 11) is 1.60. The van der Waals surface area contributed by atoms with Crippen molar-refractivity contribution in [2.24, 2.45) is 5.73 Å². The lowest BCUT2D eigenvalue weighted by molar-refractivity contribution is -0.367. The average molecular weight is 406 g/mol. The topological polar surface area (TPSA) is 82.5 Å². The Hall–Kier alpha value is -2.25. The van der Waals surface area contributed by atoms with Crippen molar-refractivity contribution in [3.8, 4) is 6.07 Å². The highest BCUT2D eigenvalue weighted by molar-refractivity contribution is 7.80. The molecule has 1 saturated heterocycles. The number of anilines is 1. The summed E-state index contributed by atoms with van der Waals surface area (Å²) in [5, 5.41) is 11.9. The molecule has 1 fully saturated rings. The van der Waals surface area contributed by atoms with E-state index < -0.39 is 11.7 Å². The number of thiocarbonyl (C=S) groups is 1. The molecule has 0 aromatic carbocycles. The number of hydrogen-bond acceptors (Lipinski definition) is 5. The Morgan fingerprint density at radius 2 is 2.00 bits per heavy atom. The molecule has 0 atom stereocenters. The molecule has 0 spiro atoms. The molecular formula is C15H17ClF3N6S+. The monoisotopic (exact) mass is 405 g/mol. The van der Waals surface area contributed by atoms with Gasteiger partial charge in [0.1, 0.15) is 46.8 Å². The second-order valence-electron chi connectivity index (χ2n) is 5.51. The van der Waals surface area contributed by atoms with Crippen molar-refractivity contribution >= 4 is 34.6 Å². The molecule has 140 valence electrons. The van der Waals surface area contributed by atoms with Crippen molar-refractivity contribution in [1.82, 2.24) is 10.2 Å². The average Bonchev–Trinajstić information content (AvgIpc) is 2.61. The maximum absolute atomic E-state index is 12.7. The van der Waals surface area contributed by atoms with Gasteiger partial charge in [-0.15, -0.1) is 0 Å². The van der Waals surface area contributed by atoms with Gasteiger partial charge in [0.25, 0.3) is 5.82 Å². The Kier molecular flexibility index (Phi) is 6.15. The molecule has 1 aromatic heterocycles. The van der Waals surface area contributed by atoms with E-state index in [1.807, 2.05) is 11.0 Å². The molecular weight excluding hydrogens is 389 g/mol. The van der Waals surface area contributed by atoms with Gasteiger partial charge in [0, 0.05) is 7.05 Å². The van der Waals surface area contributed by atoms with Crippen LogP contribution in [0.3, 0.4) is 0 Å². The lowest BCUT2D eigenvalue weighted by Crippen LogP contribution is -2.49. The normalized spacial score (nSPS) is 16.0. The largest absolute Gasteiger partial charge is 0.419 e. The highest BCUT2D eigenvalue weighted by Gasteiger charge is 2.34. The Morgan fingerprint density at radius 3 is 2.46 bits per heavy atom. The molecule has 4 N–H and O–H groups in total. The Morgan fingerprint density at radius 1 is 1.38 bits per heavy atom. The number of nitriles is 1. The number of nitrogens with zero attached hydrogens (tertiary/aromatic N) is 3. The van der Waals surface area contributed by atoms with Gasteiger partial charge < -0.3 is 16.0 Å². The number of nitrogens with two attached hydrogens (primary N) is 1. The van der Waals surface area contributed by atoms with Crippen LogP contribution in [0.4, 0.5) is 19.0 Å². The minimum absolute atomic E-state index is 0.00846. The Bertz CT molecular complexity index is 766. The second kappa shape index (κ2) is 7.97. The fraction of sp³-hybridized carbons (Fsp3) is 0.400. The molecule has 0 aliphatic carbocycles. The van der Waals surface area contributed by atoms with Crippen molar-refractivity contribution in [3.05, 3.63) is 34.2 Å². The minimum atomic E-state index is -4.46. The molecule has 0 amide bonds. The third-order valence-corrected chi connectivity index (χ3v) is 4.66. The smallest absolute Gasteiger partial charge is 0.384 e. The van der Waals surface area contributed by atoms with Crippen molar-refractivity contribution in [1.29, 1.82) is 5.26 Å². The van der Waals surface area contributed by atoms with Crippen LogP contribution in [0.15, 0.2) is 23.7 Å². The molecule has 1 aliphatic heterocycles. The summed E-state index contributed by atoms with van der Waals surface area (Å²) >= 11 is 11.1. The van der Waals surface area contributed by atoms with Crippen molar-refractivity contribution < 1.29 is 18.2 Å². The molecule has 0 bridgehead atoms. The van der Waals surface area contributed by atoms with Gasteiger partial charge in [0.15, 0.2) is 0 Å². The van der Waals surface area contributed by atoms with E-state index in [2.05, 4.69) is 10.3 Å². The third kappa shape index (κ3) is 4.28. The van der Waals surface area contributed by atoms with E-state index in [0.29, 0.717) is 32.0 Å². The molecule has 0 radical (unpaired) electrons. The summed E-state index contributed by atoms with van der Waals surface area (Å²) in [5.41, 5.74) is 5.39. The number of piperazine rings is 1. The van der Waals surface area contributed by atoms with E-state index in [1.165, 1.54) is 0 Å². The van der Waals surface area contributed by atoms with Crippen LogP contribution >= 0.6 is 23.8 Å². The van der Waals surface area contributed by atoms with E-state index in [4.69, 9.17) is 29.6 Å². The van der Waals surface area contributed by atoms with Crippen LogP contribution in [0.2, 0.25) is 5.02 Å². The fourth-order valence-corrected chi connectivity index (χ4v) is 2.99. The van der Waals surface area contributed by atoms with Crippen molar-refractivity contribution in [3.63, 3.8) is 0 Å². The van der Waals surface area contributed by atoms with E-state index in [1.54, 1.807) is 11.9 Å². The number of aromatic nitrogens is 1. The molecule has 1 aliphatic rings. The molecule has 1 aromatic rings. The highest BCUT2D eigenvalue weighted by Crippen LogP contribution is 2.32. The minimum Gasteiger partial charge on any atom is -0.384 e. The van der Waals surface area contributed by atoms with Gasteiger partial charge in [-0.05, 0) is 6.07 Å². The quantitative estimate of drug-likeness (QED) is 0.451. The number of alkyl halides is 3. The van der Waals surface area contributed by atoms with Crippen molar-refractivity contribution in [2.45, 2.75) is 6.18 Å². The molecule has 11 heteroatoms. The maximum atomic E-state index is 12.7.